The van der Waals surface area contributed by atoms with Crippen molar-refractivity contribution in [3.05, 3.63) is 35.8 Å². The molecule has 2 aromatic heterocycles. The van der Waals surface area contributed by atoms with E-state index in [1.807, 2.05) is 20.0 Å². The van der Waals surface area contributed by atoms with Crippen LogP contribution in [0.15, 0.2) is 34.4 Å². The molecule has 0 amide bonds. The fourth-order valence-electron chi connectivity index (χ4n) is 1.35. The number of pyridine rings is 1. The normalized spacial score (nSPS) is 10.1. The first kappa shape index (κ1) is 10.7. The summed E-state index contributed by atoms with van der Waals surface area (Å²) in [5.74, 6) is 0. The van der Waals surface area contributed by atoms with E-state index in [0.29, 0.717) is 5.56 Å². The summed E-state index contributed by atoms with van der Waals surface area (Å²) in [4.78, 5) is 4.88. The van der Waals surface area contributed by atoms with Gasteiger partial charge in [0.05, 0.1) is 16.3 Å². The van der Waals surface area contributed by atoms with Crippen molar-refractivity contribution in [2.24, 2.45) is 7.05 Å². The van der Waals surface area contributed by atoms with Gasteiger partial charge in [0, 0.05) is 24.3 Å². The Morgan fingerprint density at radius 1 is 1.50 bits per heavy atom. The predicted molar refractivity (Wildman–Crippen MR) is 61.0 cm³/mol. The van der Waals surface area contributed by atoms with Gasteiger partial charge in [0.15, 0.2) is 0 Å². The molecule has 0 N–H and O–H groups in total. The molecule has 0 radical (unpaired) electrons. The van der Waals surface area contributed by atoms with Gasteiger partial charge in [-0.3, -0.25) is 9.67 Å². The van der Waals surface area contributed by atoms with Crippen LogP contribution in [0.3, 0.4) is 0 Å². The highest BCUT2D eigenvalue weighted by molar-refractivity contribution is 7.99. The summed E-state index contributed by atoms with van der Waals surface area (Å²) in [5, 5.41) is 14.2. The molecule has 80 valence electrons. The second-order valence-corrected chi connectivity index (χ2v) is 4.40. The van der Waals surface area contributed by atoms with E-state index in [9.17, 15) is 0 Å². The lowest BCUT2D eigenvalue weighted by Gasteiger charge is -2.02. The van der Waals surface area contributed by atoms with Crippen molar-refractivity contribution in [1.82, 2.24) is 14.8 Å². The van der Waals surface area contributed by atoms with Crippen LogP contribution >= 0.6 is 11.8 Å². The van der Waals surface area contributed by atoms with E-state index in [2.05, 4.69) is 16.2 Å². The third-order valence-electron chi connectivity index (χ3n) is 2.08. The molecule has 0 aromatic carbocycles. The molecule has 0 bridgehead atoms. The minimum atomic E-state index is 0.638. The zero-order valence-corrected chi connectivity index (χ0v) is 9.82. The smallest absolute Gasteiger partial charge is 0.100 e. The van der Waals surface area contributed by atoms with E-state index in [4.69, 9.17) is 5.26 Å². The summed E-state index contributed by atoms with van der Waals surface area (Å²) in [6.07, 6.45) is 3.32. The molecule has 0 unspecified atom stereocenters. The molecule has 0 fully saturated rings. The molecule has 0 aliphatic heterocycles. The van der Waals surface area contributed by atoms with Gasteiger partial charge in [-0.15, -0.1) is 0 Å². The van der Waals surface area contributed by atoms with Crippen LogP contribution in [0.4, 0.5) is 0 Å². The minimum absolute atomic E-state index is 0.638. The Hall–Kier alpha value is -1.80. The number of nitriles is 1. The van der Waals surface area contributed by atoms with Crippen molar-refractivity contribution in [1.29, 1.82) is 5.26 Å². The van der Waals surface area contributed by atoms with Crippen molar-refractivity contribution in [2.75, 3.05) is 0 Å². The van der Waals surface area contributed by atoms with Gasteiger partial charge >= 0.3 is 0 Å². The van der Waals surface area contributed by atoms with Crippen molar-refractivity contribution in [3.8, 4) is 6.07 Å². The summed E-state index contributed by atoms with van der Waals surface area (Å²) < 4.78 is 1.80. The molecule has 0 aliphatic rings. The highest BCUT2D eigenvalue weighted by Gasteiger charge is 2.07. The average molecular weight is 230 g/mol. The lowest BCUT2D eigenvalue weighted by Crippen LogP contribution is -1.93. The van der Waals surface area contributed by atoms with Crippen LogP contribution in [0.25, 0.3) is 0 Å². The highest BCUT2D eigenvalue weighted by Crippen LogP contribution is 2.29. The first-order chi connectivity index (χ1) is 7.70. The molecule has 2 heterocycles. The second kappa shape index (κ2) is 4.37. The van der Waals surface area contributed by atoms with E-state index in [0.717, 1.165) is 15.6 Å². The quantitative estimate of drug-likeness (QED) is 0.793. The molecule has 2 aromatic rings. The SMILES string of the molecule is Cc1cc(Sc2cnccc2C#N)n(C)n1. The highest BCUT2D eigenvalue weighted by atomic mass is 32.2. The molecule has 2 rings (SSSR count). The molecular formula is C11H10N4S. The second-order valence-electron chi connectivity index (χ2n) is 3.33. The molecule has 0 aliphatic carbocycles. The van der Waals surface area contributed by atoms with Crippen LogP contribution < -0.4 is 0 Å². The standard InChI is InChI=1S/C11H10N4S/c1-8-5-11(15(2)14-8)16-10-7-13-4-3-9(10)6-12/h3-5,7H,1-2H3. The van der Waals surface area contributed by atoms with Crippen LogP contribution in [-0.4, -0.2) is 14.8 Å². The summed E-state index contributed by atoms with van der Waals surface area (Å²) in [7, 11) is 1.89. The lowest BCUT2D eigenvalue weighted by molar-refractivity contribution is 0.692. The van der Waals surface area contributed by atoms with Crippen LogP contribution in [0.5, 0.6) is 0 Å². The van der Waals surface area contributed by atoms with E-state index in [1.54, 1.807) is 23.1 Å². The molecule has 0 atom stereocenters. The predicted octanol–water partition coefficient (Wildman–Crippen LogP) is 2.15. The fourth-order valence-corrected chi connectivity index (χ4v) is 2.31. The van der Waals surface area contributed by atoms with Crippen LogP contribution in [0.2, 0.25) is 0 Å². The van der Waals surface area contributed by atoms with Crippen molar-refractivity contribution in [2.45, 2.75) is 16.8 Å². The molecule has 0 spiro atoms. The third kappa shape index (κ3) is 2.07. The number of nitrogens with zero attached hydrogens (tertiary/aromatic N) is 4. The largest absolute Gasteiger partial charge is 0.263 e. The van der Waals surface area contributed by atoms with Gasteiger partial charge in [0.2, 0.25) is 0 Å². The van der Waals surface area contributed by atoms with Gasteiger partial charge in [0.1, 0.15) is 6.07 Å². The molecule has 0 saturated heterocycles. The summed E-state index contributed by atoms with van der Waals surface area (Å²) in [5.41, 5.74) is 1.60. The Bertz CT molecular complexity index is 553. The van der Waals surface area contributed by atoms with Crippen LogP contribution in [0, 0.1) is 18.3 Å². The van der Waals surface area contributed by atoms with E-state index >= 15 is 0 Å². The average Bonchev–Trinajstić information content (AvgIpc) is 2.58. The van der Waals surface area contributed by atoms with Gasteiger partial charge in [-0.05, 0) is 19.1 Å². The van der Waals surface area contributed by atoms with Gasteiger partial charge in [-0.2, -0.15) is 10.4 Å². The molecule has 4 nitrogen and oxygen atoms in total. The Kier molecular flexibility index (Phi) is 2.93. The fraction of sp³-hybridized carbons (Fsp3) is 0.182. The van der Waals surface area contributed by atoms with E-state index in [1.165, 1.54) is 11.8 Å². The zero-order valence-electron chi connectivity index (χ0n) is 9.01. The topological polar surface area (TPSA) is 54.5 Å². The first-order valence-electron chi connectivity index (χ1n) is 4.73. The van der Waals surface area contributed by atoms with Gasteiger partial charge in [-0.25, -0.2) is 0 Å². The summed E-state index contributed by atoms with van der Waals surface area (Å²) in [6, 6.07) is 5.85. The monoisotopic (exact) mass is 230 g/mol. The Balaban J connectivity index is 2.34. The van der Waals surface area contributed by atoms with Gasteiger partial charge in [-0.1, -0.05) is 11.8 Å². The number of rotatable bonds is 2. The Morgan fingerprint density at radius 3 is 2.94 bits per heavy atom. The van der Waals surface area contributed by atoms with E-state index < -0.39 is 0 Å². The van der Waals surface area contributed by atoms with Gasteiger partial charge in [0.25, 0.3) is 0 Å². The summed E-state index contributed by atoms with van der Waals surface area (Å²) in [6.45, 7) is 1.94. The maximum atomic E-state index is 8.96. The third-order valence-corrected chi connectivity index (χ3v) is 3.21. The first-order valence-corrected chi connectivity index (χ1v) is 5.55. The lowest BCUT2D eigenvalue weighted by atomic mass is 10.3. The molecular weight excluding hydrogens is 220 g/mol. The van der Waals surface area contributed by atoms with Crippen molar-refractivity contribution >= 4 is 11.8 Å². The summed E-state index contributed by atoms with van der Waals surface area (Å²) >= 11 is 1.50. The maximum absolute atomic E-state index is 8.96. The number of aromatic nitrogens is 3. The Morgan fingerprint density at radius 2 is 2.31 bits per heavy atom. The minimum Gasteiger partial charge on any atom is -0.263 e. The zero-order chi connectivity index (χ0) is 11.5. The van der Waals surface area contributed by atoms with Gasteiger partial charge < -0.3 is 0 Å². The van der Waals surface area contributed by atoms with E-state index in [-0.39, 0.29) is 0 Å². The van der Waals surface area contributed by atoms with Crippen LogP contribution in [0.1, 0.15) is 11.3 Å². The Labute approximate surface area is 97.9 Å². The number of hydrogen-bond acceptors (Lipinski definition) is 4. The van der Waals surface area contributed by atoms with Crippen molar-refractivity contribution < 1.29 is 0 Å². The van der Waals surface area contributed by atoms with Crippen LogP contribution in [-0.2, 0) is 7.05 Å². The maximum Gasteiger partial charge on any atom is 0.100 e. The molecule has 0 saturated carbocycles. The number of aryl methyl sites for hydroxylation is 2. The number of hydrogen-bond donors (Lipinski definition) is 0. The molecule has 5 heteroatoms. The molecule has 16 heavy (non-hydrogen) atoms. The van der Waals surface area contributed by atoms with Crippen molar-refractivity contribution in [3.63, 3.8) is 0 Å².